The monoisotopic (exact) mass is 293 g/mol. The van der Waals surface area contributed by atoms with Crippen LogP contribution in [0.5, 0.6) is 0 Å². The van der Waals surface area contributed by atoms with Gasteiger partial charge in [0.1, 0.15) is 0 Å². The molecule has 0 saturated heterocycles. The lowest BCUT2D eigenvalue weighted by Gasteiger charge is -2.21. The third kappa shape index (κ3) is 2.97. The number of aliphatic imine (C=N–C) groups is 1. The summed E-state index contributed by atoms with van der Waals surface area (Å²) in [6.07, 6.45) is 1.48. The Morgan fingerprint density at radius 1 is 1.35 bits per heavy atom. The largest absolute Gasteiger partial charge is 0.369 e. The van der Waals surface area contributed by atoms with Crippen LogP contribution < -0.4 is 10.6 Å². The number of nitrogens with two attached hydrogens (primary N) is 1. The van der Waals surface area contributed by atoms with Crippen LogP contribution in [-0.2, 0) is 0 Å². The minimum atomic E-state index is -0.263. The lowest BCUT2D eigenvalue weighted by atomic mass is 10.2. The number of H-pyrrole nitrogens is 1. The van der Waals surface area contributed by atoms with Crippen molar-refractivity contribution in [2.45, 2.75) is 6.92 Å². The van der Waals surface area contributed by atoms with E-state index in [4.69, 9.17) is 5.73 Å². The molecule has 2 aromatic rings. The number of guanidine groups is 1. The van der Waals surface area contributed by atoms with Gasteiger partial charge in [-0.05, 0) is 19.1 Å². The van der Waals surface area contributed by atoms with Crippen molar-refractivity contribution >= 4 is 30.0 Å². The number of hydrogen-bond acceptors (Lipinski definition) is 3. The van der Waals surface area contributed by atoms with E-state index in [9.17, 15) is 4.79 Å². The summed E-state index contributed by atoms with van der Waals surface area (Å²) in [5.41, 5.74) is 7.65. The van der Waals surface area contributed by atoms with Crippen molar-refractivity contribution in [1.82, 2.24) is 10.2 Å². The molecule has 0 fully saturated rings. The van der Waals surface area contributed by atoms with Crippen molar-refractivity contribution in [3.05, 3.63) is 47.8 Å². The zero-order valence-corrected chi connectivity index (χ0v) is 12.0. The van der Waals surface area contributed by atoms with Gasteiger partial charge in [0.25, 0.3) is 5.91 Å². The SMILES string of the molecule is CN=C(N)N(C(=O)c1cn[nH]c1C)c1ccccc1.Cl. The maximum absolute atomic E-state index is 12.5. The lowest BCUT2D eigenvalue weighted by molar-refractivity contribution is 0.100. The number of aryl methyl sites for hydroxylation is 1. The van der Waals surface area contributed by atoms with Crippen molar-refractivity contribution in [2.75, 3.05) is 11.9 Å². The van der Waals surface area contributed by atoms with Crippen molar-refractivity contribution < 1.29 is 4.79 Å². The number of hydrogen-bond donors (Lipinski definition) is 2. The van der Waals surface area contributed by atoms with Gasteiger partial charge >= 0.3 is 0 Å². The highest BCUT2D eigenvalue weighted by Crippen LogP contribution is 2.17. The molecular weight excluding hydrogens is 278 g/mol. The standard InChI is InChI=1S/C13H15N5O.ClH/c1-9-11(8-16-17-9)12(19)18(13(14)15-2)10-6-4-3-5-7-10;/h3-8H,1-2H3,(H2,14,15)(H,16,17);1H. The highest BCUT2D eigenvalue weighted by Gasteiger charge is 2.23. The van der Waals surface area contributed by atoms with E-state index in [2.05, 4.69) is 15.2 Å². The van der Waals surface area contributed by atoms with Crippen LogP contribution in [0.4, 0.5) is 5.69 Å². The second-order valence-electron chi connectivity index (χ2n) is 3.97. The molecule has 0 spiro atoms. The van der Waals surface area contributed by atoms with Crippen molar-refractivity contribution in [3.63, 3.8) is 0 Å². The highest BCUT2D eigenvalue weighted by molar-refractivity contribution is 6.21. The normalized spacial score (nSPS) is 10.8. The molecule has 20 heavy (non-hydrogen) atoms. The number of amides is 1. The van der Waals surface area contributed by atoms with Gasteiger partial charge < -0.3 is 5.73 Å². The molecule has 0 aliphatic heterocycles. The Bertz CT molecular complexity index is 608. The van der Waals surface area contributed by atoms with Crippen LogP contribution >= 0.6 is 12.4 Å². The van der Waals surface area contributed by atoms with Crippen molar-refractivity contribution in [1.29, 1.82) is 0 Å². The van der Waals surface area contributed by atoms with E-state index in [0.29, 0.717) is 16.9 Å². The van der Waals surface area contributed by atoms with E-state index in [0.717, 1.165) is 0 Å². The van der Waals surface area contributed by atoms with E-state index >= 15 is 0 Å². The predicted octanol–water partition coefficient (Wildman–Crippen LogP) is 1.73. The zero-order chi connectivity index (χ0) is 13.8. The molecule has 3 N–H and O–H groups in total. The first-order valence-electron chi connectivity index (χ1n) is 5.77. The number of carbonyl (C=O) groups is 1. The Morgan fingerprint density at radius 2 is 2.00 bits per heavy atom. The summed E-state index contributed by atoms with van der Waals surface area (Å²) in [5.74, 6) is -0.127. The molecule has 0 saturated carbocycles. The molecule has 0 radical (unpaired) electrons. The van der Waals surface area contributed by atoms with Gasteiger partial charge in [-0.1, -0.05) is 18.2 Å². The molecule has 0 atom stereocenters. The topological polar surface area (TPSA) is 87.4 Å². The quantitative estimate of drug-likeness (QED) is 0.653. The smallest absolute Gasteiger partial charge is 0.268 e. The first kappa shape index (κ1) is 15.7. The molecule has 1 aromatic heterocycles. The average molecular weight is 294 g/mol. The number of halogens is 1. The van der Waals surface area contributed by atoms with E-state index < -0.39 is 0 Å². The third-order valence-corrected chi connectivity index (χ3v) is 2.74. The second-order valence-corrected chi connectivity index (χ2v) is 3.97. The van der Waals surface area contributed by atoms with E-state index in [-0.39, 0.29) is 24.3 Å². The van der Waals surface area contributed by atoms with Gasteiger partial charge in [-0.25, -0.2) is 4.90 Å². The Labute approximate surface area is 123 Å². The number of aromatic nitrogens is 2. The van der Waals surface area contributed by atoms with Gasteiger partial charge in [-0.3, -0.25) is 14.9 Å². The number of para-hydroxylation sites is 1. The Morgan fingerprint density at radius 3 is 2.50 bits per heavy atom. The fraction of sp³-hybridized carbons (Fsp3) is 0.154. The van der Waals surface area contributed by atoms with Crippen LogP contribution in [0, 0.1) is 6.92 Å². The summed E-state index contributed by atoms with van der Waals surface area (Å²) in [6, 6.07) is 9.13. The van der Waals surface area contributed by atoms with Crippen molar-refractivity contribution in [2.24, 2.45) is 10.7 Å². The zero-order valence-electron chi connectivity index (χ0n) is 11.2. The number of nitrogens with one attached hydrogen (secondary N) is 1. The molecular formula is C13H16ClN5O. The molecule has 106 valence electrons. The summed E-state index contributed by atoms with van der Waals surface area (Å²) < 4.78 is 0. The number of carbonyl (C=O) groups excluding carboxylic acids is 1. The first-order chi connectivity index (χ1) is 9.15. The molecule has 1 heterocycles. The number of nitrogens with zero attached hydrogens (tertiary/aromatic N) is 3. The third-order valence-electron chi connectivity index (χ3n) is 2.74. The van der Waals surface area contributed by atoms with E-state index in [1.165, 1.54) is 11.1 Å². The molecule has 2 rings (SSSR count). The average Bonchev–Trinajstić information content (AvgIpc) is 2.86. The van der Waals surface area contributed by atoms with Crippen LogP contribution in [0.3, 0.4) is 0 Å². The predicted molar refractivity (Wildman–Crippen MR) is 81.4 cm³/mol. The lowest BCUT2D eigenvalue weighted by Crippen LogP contribution is -2.42. The fourth-order valence-corrected chi connectivity index (χ4v) is 1.72. The van der Waals surface area contributed by atoms with E-state index in [1.807, 2.05) is 18.2 Å². The van der Waals surface area contributed by atoms with Crippen LogP contribution in [0.1, 0.15) is 16.1 Å². The number of rotatable bonds is 2. The van der Waals surface area contributed by atoms with Gasteiger partial charge in [0.05, 0.1) is 17.4 Å². The van der Waals surface area contributed by atoms with Gasteiger partial charge in [0.2, 0.25) is 5.96 Å². The number of anilines is 1. The number of aromatic amines is 1. The summed E-state index contributed by atoms with van der Waals surface area (Å²) in [4.78, 5) is 17.8. The van der Waals surface area contributed by atoms with Gasteiger partial charge in [-0.15, -0.1) is 12.4 Å². The minimum Gasteiger partial charge on any atom is -0.369 e. The molecule has 7 heteroatoms. The van der Waals surface area contributed by atoms with E-state index in [1.54, 1.807) is 26.1 Å². The summed E-state index contributed by atoms with van der Waals surface area (Å²) in [5, 5.41) is 6.59. The number of benzene rings is 1. The maximum atomic E-state index is 12.5. The van der Waals surface area contributed by atoms with Crippen LogP contribution in [-0.4, -0.2) is 29.1 Å². The summed E-state index contributed by atoms with van der Waals surface area (Å²) in [6.45, 7) is 1.78. The second kappa shape index (κ2) is 6.72. The molecule has 0 unspecified atom stereocenters. The molecule has 0 aliphatic rings. The molecule has 1 aromatic carbocycles. The molecule has 0 aliphatic carbocycles. The molecule has 0 bridgehead atoms. The fourth-order valence-electron chi connectivity index (χ4n) is 1.72. The van der Waals surface area contributed by atoms with Crippen molar-refractivity contribution in [3.8, 4) is 0 Å². The summed E-state index contributed by atoms with van der Waals surface area (Å²) >= 11 is 0. The van der Waals surface area contributed by atoms with Crippen LogP contribution in [0.25, 0.3) is 0 Å². The Balaban J connectivity index is 0.00000200. The van der Waals surface area contributed by atoms with Crippen LogP contribution in [0.15, 0.2) is 41.5 Å². The maximum Gasteiger partial charge on any atom is 0.268 e. The first-order valence-corrected chi connectivity index (χ1v) is 5.77. The Hall–Kier alpha value is -2.34. The highest BCUT2D eigenvalue weighted by atomic mass is 35.5. The Kier molecular flexibility index (Phi) is 5.28. The van der Waals surface area contributed by atoms with Gasteiger partial charge in [0, 0.05) is 12.7 Å². The molecule has 1 amide bonds. The van der Waals surface area contributed by atoms with Gasteiger partial charge in [0.15, 0.2) is 0 Å². The molecule has 6 nitrogen and oxygen atoms in total. The van der Waals surface area contributed by atoms with Crippen LogP contribution in [0.2, 0.25) is 0 Å². The van der Waals surface area contributed by atoms with Gasteiger partial charge in [-0.2, -0.15) is 5.10 Å². The summed E-state index contributed by atoms with van der Waals surface area (Å²) in [7, 11) is 1.54. The minimum absolute atomic E-state index is 0.